The summed E-state index contributed by atoms with van der Waals surface area (Å²) in [6.45, 7) is 12.4. The molecule has 168 valence electrons. The number of aromatic nitrogens is 2. The van der Waals surface area contributed by atoms with Gasteiger partial charge in [-0.25, -0.2) is 9.48 Å². The Morgan fingerprint density at radius 1 is 1.10 bits per heavy atom. The molecule has 0 aromatic carbocycles. The maximum atomic E-state index is 12.3. The molecule has 0 bridgehead atoms. The molecule has 0 radical (unpaired) electrons. The molecule has 1 aromatic rings. The summed E-state index contributed by atoms with van der Waals surface area (Å²) in [5.41, 5.74) is -0.410. The topological polar surface area (TPSA) is 96.8 Å². The van der Waals surface area contributed by atoms with Crippen molar-refractivity contribution in [3.8, 4) is 0 Å². The second-order valence-electron chi connectivity index (χ2n) is 8.55. The Bertz CT molecular complexity index is 763. The predicted octanol–water partition coefficient (Wildman–Crippen LogP) is 1.72. The van der Waals surface area contributed by atoms with Gasteiger partial charge in [-0.05, 0) is 46.2 Å². The zero-order valence-electron chi connectivity index (χ0n) is 18.6. The number of rotatable bonds is 8. The lowest BCUT2D eigenvalue weighted by Gasteiger charge is -2.35. The number of piperazine rings is 1. The Labute approximate surface area is 178 Å². The number of nitrogens with one attached hydrogen (secondary N) is 1. The lowest BCUT2D eigenvalue weighted by molar-refractivity contribution is 0.0144. The number of amides is 2. The van der Waals surface area contributed by atoms with Crippen molar-refractivity contribution >= 4 is 12.0 Å². The minimum absolute atomic E-state index is 0.189. The zero-order chi connectivity index (χ0) is 22.1. The van der Waals surface area contributed by atoms with Crippen LogP contribution in [0.25, 0.3) is 0 Å². The van der Waals surface area contributed by atoms with Crippen LogP contribution in [0.2, 0.25) is 0 Å². The van der Waals surface area contributed by atoms with E-state index in [4.69, 9.17) is 4.74 Å². The minimum Gasteiger partial charge on any atom is -0.444 e. The van der Waals surface area contributed by atoms with Crippen LogP contribution in [-0.4, -0.2) is 76.5 Å². The van der Waals surface area contributed by atoms with E-state index in [9.17, 15) is 14.4 Å². The monoisotopic (exact) mass is 421 g/mol. The van der Waals surface area contributed by atoms with Crippen LogP contribution in [0.4, 0.5) is 4.79 Å². The van der Waals surface area contributed by atoms with E-state index in [-0.39, 0.29) is 23.3 Å². The molecule has 0 spiro atoms. The third kappa shape index (κ3) is 7.78. The van der Waals surface area contributed by atoms with Gasteiger partial charge in [0.1, 0.15) is 11.3 Å². The molecule has 30 heavy (non-hydrogen) atoms. The van der Waals surface area contributed by atoms with E-state index in [1.54, 1.807) is 4.90 Å². The molecule has 2 heterocycles. The van der Waals surface area contributed by atoms with Gasteiger partial charge in [0.05, 0.1) is 0 Å². The van der Waals surface area contributed by atoms with Gasteiger partial charge < -0.3 is 15.0 Å². The van der Waals surface area contributed by atoms with E-state index in [2.05, 4.69) is 15.3 Å². The standard InChI is InChI=1S/C21H35N5O4/c1-5-6-12-26-18(27)9-8-17(23-26)19(28)22-10-7-11-24-13-15-25(16-14-24)20(29)30-21(2,3)4/h8-9H,5-7,10-16H2,1-4H3,(H,22,28). The summed E-state index contributed by atoms with van der Waals surface area (Å²) in [5, 5.41) is 7.03. The molecule has 0 unspecified atom stereocenters. The fourth-order valence-corrected chi connectivity index (χ4v) is 3.11. The van der Waals surface area contributed by atoms with Crippen LogP contribution < -0.4 is 10.9 Å². The highest BCUT2D eigenvalue weighted by Crippen LogP contribution is 2.12. The second kappa shape index (κ2) is 11.1. The first-order valence-electron chi connectivity index (χ1n) is 10.8. The molecule has 2 amide bonds. The maximum absolute atomic E-state index is 12.3. The van der Waals surface area contributed by atoms with Crippen LogP contribution >= 0.6 is 0 Å². The third-order valence-corrected chi connectivity index (χ3v) is 4.78. The predicted molar refractivity (Wildman–Crippen MR) is 115 cm³/mol. The summed E-state index contributed by atoms with van der Waals surface area (Å²) in [6, 6.07) is 2.86. The lowest BCUT2D eigenvalue weighted by atomic mass is 10.2. The maximum Gasteiger partial charge on any atom is 0.410 e. The number of hydrogen-bond donors (Lipinski definition) is 1. The first-order chi connectivity index (χ1) is 14.2. The van der Waals surface area contributed by atoms with E-state index >= 15 is 0 Å². The summed E-state index contributed by atoms with van der Waals surface area (Å²) in [6.07, 6.45) is 2.34. The molecule has 0 atom stereocenters. The number of ether oxygens (including phenoxy) is 1. The van der Waals surface area contributed by atoms with Crippen LogP contribution in [0.3, 0.4) is 0 Å². The number of nitrogens with zero attached hydrogens (tertiary/aromatic N) is 4. The van der Waals surface area contributed by atoms with E-state index in [1.807, 2.05) is 27.7 Å². The molecule has 0 aliphatic carbocycles. The molecule has 1 N–H and O–H groups in total. The summed E-state index contributed by atoms with van der Waals surface area (Å²) in [7, 11) is 0. The highest BCUT2D eigenvalue weighted by Gasteiger charge is 2.25. The third-order valence-electron chi connectivity index (χ3n) is 4.78. The Morgan fingerprint density at radius 2 is 1.80 bits per heavy atom. The van der Waals surface area contributed by atoms with E-state index in [1.165, 1.54) is 16.8 Å². The van der Waals surface area contributed by atoms with Crippen LogP contribution in [-0.2, 0) is 11.3 Å². The summed E-state index contributed by atoms with van der Waals surface area (Å²) >= 11 is 0. The highest BCUT2D eigenvalue weighted by atomic mass is 16.6. The molecular weight excluding hydrogens is 386 g/mol. The van der Waals surface area contributed by atoms with Gasteiger partial charge in [0.2, 0.25) is 0 Å². The average Bonchev–Trinajstić information content (AvgIpc) is 2.69. The van der Waals surface area contributed by atoms with Gasteiger partial charge in [-0.15, -0.1) is 0 Å². The fraction of sp³-hybridized carbons (Fsp3) is 0.714. The number of carbonyl (C=O) groups is 2. The molecule has 1 aromatic heterocycles. The van der Waals surface area contributed by atoms with Crippen molar-refractivity contribution < 1.29 is 14.3 Å². The summed E-state index contributed by atoms with van der Waals surface area (Å²) in [5.74, 6) is -0.269. The Balaban J connectivity index is 1.69. The molecule has 9 heteroatoms. The normalized spacial score (nSPS) is 15.1. The fourth-order valence-electron chi connectivity index (χ4n) is 3.11. The van der Waals surface area contributed by atoms with Crippen molar-refractivity contribution in [3.05, 3.63) is 28.2 Å². The highest BCUT2D eigenvalue weighted by molar-refractivity contribution is 5.91. The SMILES string of the molecule is CCCCn1nc(C(=O)NCCCN2CCN(C(=O)OC(C)(C)C)CC2)ccc1=O. The van der Waals surface area contributed by atoms with Crippen LogP contribution in [0.15, 0.2) is 16.9 Å². The van der Waals surface area contributed by atoms with Gasteiger partial charge >= 0.3 is 6.09 Å². The molecule has 2 rings (SSSR count). The number of carbonyl (C=O) groups excluding carboxylic acids is 2. The van der Waals surface area contributed by atoms with E-state index in [0.717, 1.165) is 38.9 Å². The lowest BCUT2D eigenvalue weighted by Crippen LogP contribution is -2.50. The van der Waals surface area contributed by atoms with Crippen molar-refractivity contribution in [1.82, 2.24) is 24.9 Å². The Kier molecular flexibility index (Phi) is 8.83. The van der Waals surface area contributed by atoms with Crippen LogP contribution in [0.5, 0.6) is 0 Å². The van der Waals surface area contributed by atoms with Crippen molar-refractivity contribution in [2.45, 2.75) is 59.1 Å². The molecule has 1 aliphatic rings. The number of aryl methyl sites for hydroxylation is 1. The van der Waals surface area contributed by atoms with Crippen molar-refractivity contribution in [2.24, 2.45) is 0 Å². The van der Waals surface area contributed by atoms with Crippen LogP contribution in [0.1, 0.15) is 57.4 Å². The van der Waals surface area contributed by atoms with Crippen LogP contribution in [0, 0.1) is 0 Å². The zero-order valence-corrected chi connectivity index (χ0v) is 18.6. The average molecular weight is 422 g/mol. The van der Waals surface area contributed by atoms with Crippen molar-refractivity contribution in [1.29, 1.82) is 0 Å². The minimum atomic E-state index is -0.482. The summed E-state index contributed by atoms with van der Waals surface area (Å²) < 4.78 is 6.76. The van der Waals surface area contributed by atoms with Crippen molar-refractivity contribution in [3.63, 3.8) is 0 Å². The molecule has 1 aliphatic heterocycles. The molecule has 1 saturated heterocycles. The smallest absolute Gasteiger partial charge is 0.410 e. The van der Waals surface area contributed by atoms with Crippen molar-refractivity contribution in [2.75, 3.05) is 39.3 Å². The largest absolute Gasteiger partial charge is 0.444 e. The summed E-state index contributed by atoms with van der Waals surface area (Å²) in [4.78, 5) is 40.2. The molecule has 0 saturated carbocycles. The van der Waals surface area contributed by atoms with Gasteiger partial charge in [0.15, 0.2) is 0 Å². The number of unbranched alkanes of at least 4 members (excludes halogenated alkanes) is 1. The van der Waals surface area contributed by atoms with Gasteiger partial charge in [0.25, 0.3) is 11.5 Å². The van der Waals surface area contributed by atoms with Gasteiger partial charge in [-0.2, -0.15) is 5.10 Å². The Hall–Kier alpha value is -2.42. The van der Waals surface area contributed by atoms with Gasteiger partial charge in [-0.1, -0.05) is 13.3 Å². The molecule has 9 nitrogen and oxygen atoms in total. The molecular formula is C21H35N5O4. The first kappa shape index (κ1) is 23.9. The Morgan fingerprint density at radius 3 is 2.43 bits per heavy atom. The van der Waals surface area contributed by atoms with E-state index in [0.29, 0.717) is 26.2 Å². The van der Waals surface area contributed by atoms with Gasteiger partial charge in [0, 0.05) is 45.3 Å². The van der Waals surface area contributed by atoms with E-state index < -0.39 is 5.60 Å². The van der Waals surface area contributed by atoms with Gasteiger partial charge in [-0.3, -0.25) is 14.5 Å². The first-order valence-corrected chi connectivity index (χ1v) is 10.8. The second-order valence-corrected chi connectivity index (χ2v) is 8.55. The number of hydrogen-bond acceptors (Lipinski definition) is 6. The quantitative estimate of drug-likeness (QED) is 0.642. The molecule has 1 fully saturated rings.